The maximum atomic E-state index is 9.66. The van der Waals surface area contributed by atoms with E-state index < -0.39 is 11.5 Å². The molecular formula is C12H5ClN2O2S. The summed E-state index contributed by atoms with van der Waals surface area (Å²) in [7, 11) is 0. The van der Waals surface area contributed by atoms with Crippen molar-refractivity contribution in [2.45, 2.75) is 0 Å². The van der Waals surface area contributed by atoms with E-state index in [1.54, 1.807) is 18.2 Å². The molecule has 0 aliphatic rings. The van der Waals surface area contributed by atoms with Gasteiger partial charge in [-0.3, -0.25) is 0 Å². The molecule has 1 aromatic carbocycles. The molecule has 0 atom stereocenters. The highest BCUT2D eigenvalue weighted by atomic mass is 35.5. The van der Waals surface area contributed by atoms with Crippen LogP contribution in [0.1, 0.15) is 11.1 Å². The van der Waals surface area contributed by atoms with Crippen molar-refractivity contribution in [2.24, 2.45) is 0 Å². The molecule has 0 aliphatic heterocycles. The maximum absolute atomic E-state index is 9.66. The van der Waals surface area contributed by atoms with Crippen LogP contribution in [-0.4, -0.2) is 10.2 Å². The third-order valence-corrected chi connectivity index (χ3v) is 3.58. The number of rotatable bonds is 1. The van der Waals surface area contributed by atoms with E-state index in [2.05, 4.69) is 0 Å². The molecule has 1 aromatic heterocycles. The van der Waals surface area contributed by atoms with Gasteiger partial charge in [0.05, 0.1) is 16.0 Å². The van der Waals surface area contributed by atoms with E-state index in [-0.39, 0.29) is 16.7 Å². The van der Waals surface area contributed by atoms with Gasteiger partial charge in [0.1, 0.15) is 11.6 Å². The third-order valence-electron chi connectivity index (χ3n) is 2.33. The summed E-state index contributed by atoms with van der Waals surface area (Å²) < 4.78 is 0.505. The molecule has 2 rings (SSSR count). The lowest BCUT2D eigenvalue weighted by molar-refractivity contribution is 0.403. The molecule has 4 nitrogen and oxygen atoms in total. The highest BCUT2D eigenvalue weighted by molar-refractivity contribution is 7.19. The average Bonchev–Trinajstić information content (AvgIpc) is 2.78. The smallest absolute Gasteiger partial charge is 0.176 e. The monoisotopic (exact) mass is 276 g/mol. The number of phenolic OH excluding ortho intramolecular Hbond substituents is 2. The maximum Gasteiger partial charge on any atom is 0.176 e. The van der Waals surface area contributed by atoms with Crippen molar-refractivity contribution in [2.75, 3.05) is 0 Å². The summed E-state index contributed by atoms with van der Waals surface area (Å²) in [6, 6.07) is 8.09. The number of nitriles is 2. The molecule has 0 fully saturated rings. The minimum atomic E-state index is -0.531. The molecule has 0 amide bonds. The van der Waals surface area contributed by atoms with Crippen LogP contribution in [0.2, 0.25) is 4.34 Å². The van der Waals surface area contributed by atoms with E-state index in [4.69, 9.17) is 22.1 Å². The highest BCUT2D eigenvalue weighted by Crippen LogP contribution is 2.42. The number of aromatic hydroxyl groups is 2. The van der Waals surface area contributed by atoms with Crippen LogP contribution in [0.3, 0.4) is 0 Å². The summed E-state index contributed by atoms with van der Waals surface area (Å²) in [5.41, 5.74) is 0.262. The molecule has 0 saturated carbocycles. The van der Waals surface area contributed by atoms with Gasteiger partial charge in [-0.2, -0.15) is 10.5 Å². The molecule has 0 aliphatic carbocycles. The Morgan fingerprint density at radius 1 is 1.17 bits per heavy atom. The van der Waals surface area contributed by atoms with Gasteiger partial charge in [0.25, 0.3) is 0 Å². The average molecular weight is 277 g/mol. The first-order valence-corrected chi connectivity index (χ1v) is 5.92. The Bertz CT molecular complexity index is 710. The second-order valence-electron chi connectivity index (χ2n) is 3.37. The van der Waals surface area contributed by atoms with Crippen LogP contribution in [0.4, 0.5) is 0 Å². The molecule has 2 N–H and O–H groups in total. The van der Waals surface area contributed by atoms with Crippen molar-refractivity contribution in [3.05, 3.63) is 33.7 Å². The van der Waals surface area contributed by atoms with Gasteiger partial charge in [-0.1, -0.05) is 11.6 Å². The van der Waals surface area contributed by atoms with Crippen LogP contribution in [0.5, 0.6) is 11.5 Å². The summed E-state index contributed by atoms with van der Waals surface area (Å²) in [6.07, 6.45) is 0. The van der Waals surface area contributed by atoms with Gasteiger partial charge < -0.3 is 10.2 Å². The van der Waals surface area contributed by atoms with Crippen molar-refractivity contribution in [1.82, 2.24) is 0 Å². The molecule has 0 radical (unpaired) electrons. The van der Waals surface area contributed by atoms with E-state index >= 15 is 0 Å². The predicted octanol–water partition coefficient (Wildman–Crippen LogP) is 3.22. The first-order chi connectivity index (χ1) is 8.58. The topological polar surface area (TPSA) is 88.0 Å². The van der Waals surface area contributed by atoms with E-state index in [0.717, 1.165) is 6.07 Å². The molecule has 0 bridgehead atoms. The summed E-state index contributed by atoms with van der Waals surface area (Å²) in [5.74, 6) is -1.02. The summed E-state index contributed by atoms with van der Waals surface area (Å²) >= 11 is 7.00. The highest BCUT2D eigenvalue weighted by Gasteiger charge is 2.20. The van der Waals surface area contributed by atoms with E-state index in [9.17, 15) is 10.2 Å². The van der Waals surface area contributed by atoms with Gasteiger partial charge in [0, 0.05) is 16.5 Å². The Balaban J connectivity index is 2.85. The number of nitrogens with zero attached hydrogens (tertiary/aromatic N) is 2. The molecule has 2 aromatic rings. The van der Waals surface area contributed by atoms with Crippen LogP contribution in [0, 0.1) is 22.7 Å². The van der Waals surface area contributed by atoms with Crippen molar-refractivity contribution >= 4 is 22.9 Å². The van der Waals surface area contributed by atoms with Crippen LogP contribution >= 0.6 is 22.9 Å². The standard InChI is InChI=1S/C12H5ClN2O2S/c13-10-2-1-9(18-10)11-6(4-14)3-8(16)12(17)7(11)5-15/h1-3,16-17H. The van der Waals surface area contributed by atoms with Gasteiger partial charge in [0.2, 0.25) is 0 Å². The summed E-state index contributed by atoms with van der Waals surface area (Å²) in [5, 5.41) is 37.2. The Labute approximate surface area is 112 Å². The lowest BCUT2D eigenvalue weighted by Gasteiger charge is -2.07. The third kappa shape index (κ3) is 1.86. The fourth-order valence-electron chi connectivity index (χ4n) is 1.56. The van der Waals surface area contributed by atoms with Crippen molar-refractivity contribution in [3.63, 3.8) is 0 Å². The zero-order valence-electron chi connectivity index (χ0n) is 8.81. The Morgan fingerprint density at radius 3 is 2.39 bits per heavy atom. The number of thiophene rings is 1. The molecule has 0 spiro atoms. The normalized spacial score (nSPS) is 9.72. The number of phenols is 2. The van der Waals surface area contributed by atoms with Crippen LogP contribution < -0.4 is 0 Å². The van der Waals surface area contributed by atoms with Crippen molar-refractivity contribution in [3.8, 4) is 34.1 Å². The molecule has 0 unspecified atom stereocenters. The minimum absolute atomic E-state index is 0.111. The Hall–Kier alpha value is -2.21. The van der Waals surface area contributed by atoms with Crippen LogP contribution in [-0.2, 0) is 0 Å². The summed E-state index contributed by atoms with van der Waals surface area (Å²) in [4.78, 5) is 0.586. The molecule has 18 heavy (non-hydrogen) atoms. The summed E-state index contributed by atoms with van der Waals surface area (Å²) in [6.45, 7) is 0. The zero-order valence-corrected chi connectivity index (χ0v) is 10.4. The fourth-order valence-corrected chi connectivity index (χ4v) is 2.67. The fraction of sp³-hybridized carbons (Fsp3) is 0. The molecular weight excluding hydrogens is 272 g/mol. The van der Waals surface area contributed by atoms with Gasteiger partial charge in [-0.05, 0) is 12.1 Å². The molecule has 6 heteroatoms. The van der Waals surface area contributed by atoms with Crippen LogP contribution in [0.25, 0.3) is 10.4 Å². The largest absolute Gasteiger partial charge is 0.504 e. The molecule has 88 valence electrons. The Kier molecular flexibility index (Phi) is 3.12. The SMILES string of the molecule is N#Cc1cc(O)c(O)c(C#N)c1-c1ccc(Cl)s1. The van der Waals surface area contributed by atoms with Crippen molar-refractivity contribution < 1.29 is 10.2 Å². The van der Waals surface area contributed by atoms with Gasteiger partial charge in [0.15, 0.2) is 11.5 Å². The van der Waals surface area contributed by atoms with Crippen LogP contribution in [0.15, 0.2) is 18.2 Å². The van der Waals surface area contributed by atoms with E-state index in [1.807, 2.05) is 6.07 Å². The predicted molar refractivity (Wildman–Crippen MR) is 67.5 cm³/mol. The van der Waals surface area contributed by atoms with Gasteiger partial charge in [-0.25, -0.2) is 0 Å². The van der Waals surface area contributed by atoms with Crippen molar-refractivity contribution in [1.29, 1.82) is 10.5 Å². The van der Waals surface area contributed by atoms with E-state index in [0.29, 0.717) is 9.21 Å². The lowest BCUT2D eigenvalue weighted by Crippen LogP contribution is -1.89. The van der Waals surface area contributed by atoms with Gasteiger partial charge >= 0.3 is 0 Å². The molecule has 1 heterocycles. The first-order valence-electron chi connectivity index (χ1n) is 4.73. The minimum Gasteiger partial charge on any atom is -0.504 e. The second-order valence-corrected chi connectivity index (χ2v) is 5.08. The number of hydrogen-bond acceptors (Lipinski definition) is 5. The zero-order chi connectivity index (χ0) is 13.3. The Morgan fingerprint density at radius 2 is 1.89 bits per heavy atom. The van der Waals surface area contributed by atoms with Gasteiger partial charge in [-0.15, -0.1) is 11.3 Å². The number of halogens is 1. The lowest BCUT2D eigenvalue weighted by atomic mass is 9.99. The first kappa shape index (κ1) is 12.3. The number of benzene rings is 1. The number of hydrogen-bond donors (Lipinski definition) is 2. The molecule has 0 saturated heterocycles. The van der Waals surface area contributed by atoms with E-state index in [1.165, 1.54) is 11.3 Å². The second kappa shape index (κ2) is 4.58. The quantitative estimate of drug-likeness (QED) is 0.783.